The molecule has 128 valence electrons. The van der Waals surface area contributed by atoms with Crippen LogP contribution >= 0.6 is 0 Å². The van der Waals surface area contributed by atoms with Crippen LogP contribution < -0.4 is 5.32 Å². The average Bonchev–Trinajstić information content (AvgIpc) is 2.50. The molecule has 3 aliphatic rings. The van der Waals surface area contributed by atoms with Crippen molar-refractivity contribution in [2.75, 3.05) is 19.8 Å². The normalized spacial score (nSPS) is 32.9. The lowest BCUT2D eigenvalue weighted by molar-refractivity contribution is -0.123. The number of nitrogens with one attached hydrogen (secondary N) is 1. The van der Waals surface area contributed by atoms with E-state index >= 15 is 0 Å². The Hall–Kier alpha value is -0.610. The summed E-state index contributed by atoms with van der Waals surface area (Å²) in [5.41, 5.74) is 0. The Kier molecular flexibility index (Phi) is 7.67. The summed E-state index contributed by atoms with van der Waals surface area (Å²) in [5.74, 6) is 1.29. The van der Waals surface area contributed by atoms with E-state index in [1.807, 2.05) is 0 Å². The quantitative estimate of drug-likeness (QED) is 0.808. The SMILES string of the molecule is CC(C)C1COCCCCOC2CCC(CCC(=O)N1)CC2. The van der Waals surface area contributed by atoms with Gasteiger partial charge in [-0.3, -0.25) is 4.79 Å². The zero-order valence-corrected chi connectivity index (χ0v) is 14.3. The summed E-state index contributed by atoms with van der Waals surface area (Å²) in [6.45, 7) is 6.53. The molecule has 2 saturated heterocycles. The van der Waals surface area contributed by atoms with Gasteiger partial charge in [0.25, 0.3) is 0 Å². The van der Waals surface area contributed by atoms with Gasteiger partial charge in [-0.2, -0.15) is 0 Å². The van der Waals surface area contributed by atoms with Crippen molar-refractivity contribution in [2.45, 2.75) is 77.4 Å². The second-order valence-electron chi connectivity index (χ2n) is 7.25. The maximum absolute atomic E-state index is 12.2. The van der Waals surface area contributed by atoms with Crippen molar-refractivity contribution < 1.29 is 14.3 Å². The average molecular weight is 311 g/mol. The number of hydrogen-bond acceptors (Lipinski definition) is 3. The molecule has 0 radical (unpaired) electrons. The maximum Gasteiger partial charge on any atom is 0.220 e. The molecule has 1 saturated carbocycles. The third-order valence-corrected chi connectivity index (χ3v) is 5.06. The highest BCUT2D eigenvalue weighted by molar-refractivity contribution is 5.76. The molecule has 4 heteroatoms. The summed E-state index contributed by atoms with van der Waals surface area (Å²) in [7, 11) is 0. The minimum atomic E-state index is 0.132. The van der Waals surface area contributed by atoms with Crippen LogP contribution in [0.5, 0.6) is 0 Å². The predicted octanol–water partition coefficient (Wildman–Crippen LogP) is 3.29. The number of amides is 1. The van der Waals surface area contributed by atoms with Crippen LogP contribution in [0.1, 0.15) is 65.2 Å². The number of ether oxygens (including phenoxy) is 2. The van der Waals surface area contributed by atoms with Gasteiger partial charge in [0.15, 0.2) is 0 Å². The van der Waals surface area contributed by atoms with E-state index in [4.69, 9.17) is 9.47 Å². The monoisotopic (exact) mass is 311 g/mol. The molecular formula is C18H33NO3. The Labute approximate surface area is 135 Å². The first-order valence-electron chi connectivity index (χ1n) is 9.14. The lowest BCUT2D eigenvalue weighted by Gasteiger charge is -2.29. The van der Waals surface area contributed by atoms with Crippen molar-refractivity contribution in [3.05, 3.63) is 0 Å². The van der Waals surface area contributed by atoms with Crippen LogP contribution in [0.15, 0.2) is 0 Å². The third kappa shape index (κ3) is 6.25. The van der Waals surface area contributed by atoms with Gasteiger partial charge in [0.1, 0.15) is 0 Å². The van der Waals surface area contributed by atoms with E-state index in [2.05, 4.69) is 19.2 Å². The van der Waals surface area contributed by atoms with Crippen molar-refractivity contribution in [1.29, 1.82) is 0 Å². The van der Waals surface area contributed by atoms with Gasteiger partial charge in [-0.05, 0) is 56.8 Å². The minimum Gasteiger partial charge on any atom is -0.379 e. The van der Waals surface area contributed by atoms with Crippen LogP contribution in [0.2, 0.25) is 0 Å². The second-order valence-corrected chi connectivity index (χ2v) is 7.25. The zero-order chi connectivity index (χ0) is 15.8. The number of carbonyl (C=O) groups excluding carboxylic acids is 1. The maximum atomic E-state index is 12.2. The Morgan fingerprint density at radius 2 is 1.77 bits per heavy atom. The third-order valence-electron chi connectivity index (χ3n) is 5.06. The van der Waals surface area contributed by atoms with E-state index < -0.39 is 0 Å². The fourth-order valence-electron chi connectivity index (χ4n) is 3.37. The van der Waals surface area contributed by atoms with Crippen molar-refractivity contribution in [3.8, 4) is 0 Å². The van der Waals surface area contributed by atoms with Gasteiger partial charge in [-0.15, -0.1) is 0 Å². The molecule has 3 rings (SSSR count). The van der Waals surface area contributed by atoms with Crippen LogP contribution in [0.25, 0.3) is 0 Å². The molecule has 2 aliphatic heterocycles. The molecule has 1 N–H and O–H groups in total. The zero-order valence-electron chi connectivity index (χ0n) is 14.3. The van der Waals surface area contributed by atoms with Crippen LogP contribution in [0, 0.1) is 11.8 Å². The standard InChI is InChI=1S/C18H33NO3/c1-14(2)17-13-21-11-3-4-12-22-16-8-5-15(6-9-16)7-10-18(20)19-17/h14-17H,3-13H2,1-2H3,(H,19,20). The Morgan fingerprint density at radius 1 is 1.05 bits per heavy atom. The summed E-state index contributed by atoms with van der Waals surface area (Å²) in [4.78, 5) is 12.2. The molecular weight excluding hydrogens is 278 g/mol. The topological polar surface area (TPSA) is 47.6 Å². The molecule has 2 heterocycles. The van der Waals surface area contributed by atoms with Crippen LogP contribution in [-0.2, 0) is 14.3 Å². The summed E-state index contributed by atoms with van der Waals surface area (Å²) in [6, 6.07) is 0.132. The Balaban J connectivity index is 1.86. The largest absolute Gasteiger partial charge is 0.379 e. The van der Waals surface area contributed by atoms with Crippen LogP contribution in [0.4, 0.5) is 0 Å². The van der Waals surface area contributed by atoms with Gasteiger partial charge < -0.3 is 14.8 Å². The predicted molar refractivity (Wildman–Crippen MR) is 87.8 cm³/mol. The van der Waals surface area contributed by atoms with Gasteiger partial charge in [0.05, 0.1) is 18.8 Å². The van der Waals surface area contributed by atoms with E-state index in [9.17, 15) is 4.79 Å². The smallest absolute Gasteiger partial charge is 0.220 e. The number of hydrogen-bond donors (Lipinski definition) is 1. The van der Waals surface area contributed by atoms with Gasteiger partial charge >= 0.3 is 0 Å². The molecule has 2 bridgehead atoms. The van der Waals surface area contributed by atoms with Crippen LogP contribution in [-0.4, -0.2) is 37.9 Å². The first-order chi connectivity index (χ1) is 10.6. The van der Waals surface area contributed by atoms with Gasteiger partial charge in [-0.1, -0.05) is 13.8 Å². The van der Waals surface area contributed by atoms with Crippen molar-refractivity contribution in [2.24, 2.45) is 11.8 Å². The summed E-state index contributed by atoms with van der Waals surface area (Å²) in [5, 5.41) is 3.17. The first-order valence-corrected chi connectivity index (χ1v) is 9.14. The molecule has 1 amide bonds. The highest BCUT2D eigenvalue weighted by Crippen LogP contribution is 2.29. The number of fused-ring (bicyclic) bond motifs is 13. The Morgan fingerprint density at radius 3 is 2.50 bits per heavy atom. The van der Waals surface area contributed by atoms with Crippen molar-refractivity contribution >= 4 is 5.91 Å². The molecule has 1 unspecified atom stereocenters. The van der Waals surface area contributed by atoms with Crippen LogP contribution in [0.3, 0.4) is 0 Å². The fraction of sp³-hybridized carbons (Fsp3) is 0.944. The number of carbonyl (C=O) groups is 1. The van der Waals surface area contributed by atoms with E-state index in [0.717, 1.165) is 45.3 Å². The molecule has 1 atom stereocenters. The van der Waals surface area contributed by atoms with Gasteiger partial charge in [-0.25, -0.2) is 0 Å². The second kappa shape index (κ2) is 9.51. The first kappa shape index (κ1) is 17.7. The van der Waals surface area contributed by atoms with E-state index in [-0.39, 0.29) is 11.9 Å². The lowest BCUT2D eigenvalue weighted by atomic mass is 9.84. The molecule has 0 spiro atoms. The molecule has 0 aromatic carbocycles. The highest BCUT2D eigenvalue weighted by Gasteiger charge is 2.23. The van der Waals surface area contributed by atoms with Crippen molar-refractivity contribution in [1.82, 2.24) is 5.32 Å². The van der Waals surface area contributed by atoms with E-state index in [0.29, 0.717) is 31.0 Å². The minimum absolute atomic E-state index is 0.132. The van der Waals surface area contributed by atoms with E-state index in [1.54, 1.807) is 0 Å². The van der Waals surface area contributed by atoms with Crippen molar-refractivity contribution in [3.63, 3.8) is 0 Å². The molecule has 22 heavy (non-hydrogen) atoms. The molecule has 4 nitrogen and oxygen atoms in total. The molecule has 0 aromatic rings. The molecule has 0 aromatic heterocycles. The van der Waals surface area contributed by atoms with Gasteiger partial charge in [0.2, 0.25) is 5.91 Å². The van der Waals surface area contributed by atoms with Gasteiger partial charge in [0, 0.05) is 19.6 Å². The summed E-state index contributed by atoms with van der Waals surface area (Å²) >= 11 is 0. The lowest BCUT2D eigenvalue weighted by Crippen LogP contribution is -2.42. The highest BCUT2D eigenvalue weighted by atomic mass is 16.5. The molecule has 1 aliphatic carbocycles. The summed E-state index contributed by atoms with van der Waals surface area (Å²) < 4.78 is 11.7. The molecule has 3 fully saturated rings. The summed E-state index contributed by atoms with van der Waals surface area (Å²) in [6.07, 6.45) is 8.98. The number of rotatable bonds is 1. The Bertz CT molecular complexity index is 324. The fourth-order valence-corrected chi connectivity index (χ4v) is 3.37. The van der Waals surface area contributed by atoms with E-state index in [1.165, 1.54) is 12.8 Å².